The summed E-state index contributed by atoms with van der Waals surface area (Å²) < 4.78 is 0. The highest BCUT2D eigenvalue weighted by molar-refractivity contribution is 5.89. The van der Waals surface area contributed by atoms with E-state index in [1.807, 2.05) is 6.92 Å². The molecule has 6 heteroatoms. The molecule has 1 saturated carbocycles. The first kappa shape index (κ1) is 12.6. The first-order chi connectivity index (χ1) is 7.67. The first-order valence-electron chi connectivity index (χ1n) is 5.71. The predicted molar refractivity (Wildman–Crippen MR) is 61.4 cm³/mol. The van der Waals surface area contributed by atoms with Crippen LogP contribution in [0.25, 0.3) is 0 Å². The maximum Gasteiger partial charge on any atom is 0.315 e. The topological polar surface area (TPSA) is 99.7 Å². The minimum atomic E-state index is -0.411. The van der Waals surface area contributed by atoms with Gasteiger partial charge in [-0.05, 0) is 19.3 Å². The van der Waals surface area contributed by atoms with Gasteiger partial charge in [0.2, 0.25) is 0 Å². The maximum absolute atomic E-state index is 11.6. The molecule has 1 unspecified atom stereocenters. The van der Waals surface area contributed by atoms with Crippen molar-refractivity contribution < 1.29 is 10.0 Å². The molecule has 0 aromatic rings. The molecule has 1 atom stereocenters. The zero-order valence-electron chi connectivity index (χ0n) is 9.57. The van der Waals surface area contributed by atoms with Gasteiger partial charge in [-0.25, -0.2) is 4.79 Å². The van der Waals surface area contributed by atoms with Gasteiger partial charge >= 0.3 is 6.03 Å². The van der Waals surface area contributed by atoms with Gasteiger partial charge in [0.05, 0.1) is 6.04 Å². The zero-order chi connectivity index (χ0) is 12.0. The number of hydrogen-bond donors (Lipinski definition) is 4. The van der Waals surface area contributed by atoms with Gasteiger partial charge in [0.1, 0.15) is 0 Å². The second-order valence-electron chi connectivity index (χ2n) is 4.08. The Morgan fingerprint density at radius 1 is 1.56 bits per heavy atom. The van der Waals surface area contributed by atoms with E-state index in [9.17, 15) is 4.79 Å². The smallest absolute Gasteiger partial charge is 0.315 e. The Hall–Kier alpha value is -1.46. The van der Waals surface area contributed by atoms with Gasteiger partial charge in [0.15, 0.2) is 5.84 Å². The quantitative estimate of drug-likeness (QED) is 0.247. The number of nitrogens with two attached hydrogens (primary N) is 1. The number of carbonyl (C=O) groups excluding carboxylic acids is 1. The normalized spacial score (nSPS) is 19.4. The lowest BCUT2D eigenvalue weighted by molar-refractivity contribution is 0.235. The van der Waals surface area contributed by atoms with Crippen molar-refractivity contribution in [2.24, 2.45) is 10.9 Å². The van der Waals surface area contributed by atoms with Crippen LogP contribution in [0.1, 0.15) is 39.0 Å². The molecule has 92 valence electrons. The van der Waals surface area contributed by atoms with Gasteiger partial charge in [0, 0.05) is 6.04 Å². The molecule has 0 spiro atoms. The van der Waals surface area contributed by atoms with Crippen LogP contribution in [0, 0.1) is 0 Å². The standard InChI is InChI=1S/C10H20N4O2/c1-2-8(9(11)14-16)13-10(15)12-7-5-3-4-6-7/h7-8,16H,2-6H2,1H3,(H2,11,14)(H2,12,13,15). The van der Waals surface area contributed by atoms with Crippen LogP contribution >= 0.6 is 0 Å². The summed E-state index contributed by atoms with van der Waals surface area (Å²) in [7, 11) is 0. The molecule has 0 aromatic heterocycles. The van der Waals surface area contributed by atoms with Gasteiger partial charge in [-0.15, -0.1) is 0 Å². The lowest BCUT2D eigenvalue weighted by Gasteiger charge is -2.18. The molecule has 1 rings (SSSR count). The molecule has 1 aliphatic carbocycles. The predicted octanol–water partition coefficient (Wildman–Crippen LogP) is 0.753. The van der Waals surface area contributed by atoms with Crippen LogP contribution in [0.5, 0.6) is 0 Å². The third kappa shape index (κ3) is 3.60. The largest absolute Gasteiger partial charge is 0.409 e. The average molecular weight is 228 g/mol. The van der Waals surface area contributed by atoms with E-state index in [2.05, 4.69) is 15.8 Å². The molecule has 0 aromatic carbocycles. The zero-order valence-corrected chi connectivity index (χ0v) is 9.57. The molecule has 0 aliphatic heterocycles. The summed E-state index contributed by atoms with van der Waals surface area (Å²) in [6.45, 7) is 1.86. The second kappa shape index (κ2) is 6.19. The number of urea groups is 1. The number of amidine groups is 1. The Bertz CT molecular complexity index is 262. The van der Waals surface area contributed by atoms with Crippen molar-refractivity contribution in [1.82, 2.24) is 10.6 Å². The Morgan fingerprint density at radius 2 is 2.19 bits per heavy atom. The van der Waals surface area contributed by atoms with Crippen LogP contribution in [-0.2, 0) is 0 Å². The number of carbonyl (C=O) groups is 1. The van der Waals surface area contributed by atoms with Crippen molar-refractivity contribution in [2.75, 3.05) is 0 Å². The molecule has 1 fully saturated rings. The van der Waals surface area contributed by atoms with Gasteiger partial charge in [-0.2, -0.15) is 0 Å². The van der Waals surface area contributed by atoms with E-state index in [0.29, 0.717) is 6.42 Å². The SMILES string of the molecule is CCC(NC(=O)NC1CCCC1)C(N)=NO. The minimum Gasteiger partial charge on any atom is -0.409 e. The Labute approximate surface area is 95.3 Å². The fourth-order valence-corrected chi connectivity index (χ4v) is 1.91. The minimum absolute atomic E-state index is 0.0315. The van der Waals surface area contributed by atoms with Crippen molar-refractivity contribution in [3.05, 3.63) is 0 Å². The molecule has 6 nitrogen and oxygen atoms in total. The summed E-state index contributed by atoms with van der Waals surface area (Å²) in [6.07, 6.45) is 5.00. The van der Waals surface area contributed by atoms with E-state index in [1.54, 1.807) is 0 Å². The van der Waals surface area contributed by atoms with Gasteiger partial charge in [-0.1, -0.05) is 24.9 Å². The average Bonchev–Trinajstić information content (AvgIpc) is 2.77. The van der Waals surface area contributed by atoms with Crippen LogP contribution in [0.15, 0.2) is 5.16 Å². The monoisotopic (exact) mass is 228 g/mol. The van der Waals surface area contributed by atoms with E-state index in [-0.39, 0.29) is 17.9 Å². The maximum atomic E-state index is 11.6. The molecule has 0 heterocycles. The van der Waals surface area contributed by atoms with Crippen LogP contribution in [0.2, 0.25) is 0 Å². The number of amides is 2. The summed E-state index contributed by atoms with van der Waals surface area (Å²) in [5.41, 5.74) is 5.44. The fraction of sp³-hybridized carbons (Fsp3) is 0.800. The number of rotatable bonds is 4. The van der Waals surface area contributed by atoms with Crippen LogP contribution in [0.4, 0.5) is 4.79 Å². The molecular weight excluding hydrogens is 208 g/mol. The molecule has 16 heavy (non-hydrogen) atoms. The molecular formula is C10H20N4O2. The Balaban J connectivity index is 2.36. The summed E-state index contributed by atoms with van der Waals surface area (Å²) in [5.74, 6) is 0.0315. The number of nitrogens with zero attached hydrogens (tertiary/aromatic N) is 1. The third-order valence-corrected chi connectivity index (χ3v) is 2.88. The van der Waals surface area contributed by atoms with Crippen molar-refractivity contribution in [2.45, 2.75) is 51.1 Å². The van der Waals surface area contributed by atoms with Gasteiger partial charge in [-0.3, -0.25) is 0 Å². The van der Waals surface area contributed by atoms with E-state index in [0.717, 1.165) is 12.8 Å². The third-order valence-electron chi connectivity index (χ3n) is 2.88. The molecule has 1 aliphatic rings. The van der Waals surface area contributed by atoms with E-state index in [4.69, 9.17) is 10.9 Å². The van der Waals surface area contributed by atoms with Gasteiger partial charge < -0.3 is 21.6 Å². The molecule has 0 saturated heterocycles. The lowest BCUT2D eigenvalue weighted by atomic mass is 10.2. The highest BCUT2D eigenvalue weighted by atomic mass is 16.4. The van der Waals surface area contributed by atoms with Crippen molar-refractivity contribution in [3.8, 4) is 0 Å². The number of nitrogens with one attached hydrogen (secondary N) is 2. The number of hydrogen-bond acceptors (Lipinski definition) is 3. The van der Waals surface area contributed by atoms with Crippen molar-refractivity contribution in [1.29, 1.82) is 0 Å². The summed E-state index contributed by atoms with van der Waals surface area (Å²) >= 11 is 0. The second-order valence-corrected chi connectivity index (χ2v) is 4.08. The van der Waals surface area contributed by atoms with Crippen LogP contribution in [-0.4, -0.2) is 29.2 Å². The van der Waals surface area contributed by atoms with Crippen molar-refractivity contribution in [3.63, 3.8) is 0 Å². The first-order valence-corrected chi connectivity index (χ1v) is 5.71. The Morgan fingerprint density at radius 3 is 2.69 bits per heavy atom. The highest BCUT2D eigenvalue weighted by Crippen LogP contribution is 2.17. The molecule has 5 N–H and O–H groups in total. The summed E-state index contributed by atoms with van der Waals surface area (Å²) in [6, 6.07) is -0.387. The van der Waals surface area contributed by atoms with E-state index in [1.165, 1.54) is 12.8 Å². The van der Waals surface area contributed by atoms with E-state index < -0.39 is 6.04 Å². The summed E-state index contributed by atoms with van der Waals surface area (Å²) in [5, 5.41) is 17.0. The van der Waals surface area contributed by atoms with E-state index >= 15 is 0 Å². The lowest BCUT2D eigenvalue weighted by Crippen LogP contribution is -2.50. The number of oxime groups is 1. The molecule has 2 amide bonds. The molecule has 0 bridgehead atoms. The summed E-state index contributed by atoms with van der Waals surface area (Å²) in [4.78, 5) is 11.6. The van der Waals surface area contributed by atoms with Crippen LogP contribution < -0.4 is 16.4 Å². The Kier molecular flexibility index (Phi) is 4.88. The highest BCUT2D eigenvalue weighted by Gasteiger charge is 2.19. The van der Waals surface area contributed by atoms with Crippen molar-refractivity contribution >= 4 is 11.9 Å². The van der Waals surface area contributed by atoms with Gasteiger partial charge in [0.25, 0.3) is 0 Å². The molecule has 0 radical (unpaired) electrons. The fourth-order valence-electron chi connectivity index (χ4n) is 1.91. The van der Waals surface area contributed by atoms with Crippen LogP contribution in [0.3, 0.4) is 0 Å².